The molecule has 2 aliphatic carbocycles. The highest BCUT2D eigenvalue weighted by Crippen LogP contribution is 2.46. The minimum absolute atomic E-state index is 0.270. The molecule has 2 aliphatic rings. The standard InChI is InChI=1S/C27H33FO2/c1-3-15-30-27-14-12-24(18-26(27)28)20-7-5-19(6-8-20)21-9-10-23-17-25(29-4-2)13-11-22(23)16-21/h3,5-8,12,14,18,21-23,25H,1,4,9-11,13,15-17H2,2H3. The molecule has 0 aromatic heterocycles. The molecular formula is C27H33FO2. The molecule has 4 rings (SSSR count). The van der Waals surface area contributed by atoms with Crippen molar-refractivity contribution in [2.24, 2.45) is 11.8 Å². The van der Waals surface area contributed by atoms with Crippen LogP contribution in [0.2, 0.25) is 0 Å². The highest BCUT2D eigenvalue weighted by atomic mass is 19.1. The van der Waals surface area contributed by atoms with Crippen molar-refractivity contribution in [3.05, 3.63) is 66.5 Å². The van der Waals surface area contributed by atoms with E-state index in [-0.39, 0.29) is 11.6 Å². The number of ether oxygens (including phenoxy) is 2. The van der Waals surface area contributed by atoms with Crippen LogP contribution in [0.25, 0.3) is 11.1 Å². The van der Waals surface area contributed by atoms with Crippen LogP contribution in [0, 0.1) is 17.7 Å². The van der Waals surface area contributed by atoms with Crippen molar-refractivity contribution in [2.45, 2.75) is 57.5 Å². The molecule has 0 saturated heterocycles. The third kappa shape index (κ3) is 4.78. The first-order valence-electron chi connectivity index (χ1n) is 11.4. The van der Waals surface area contributed by atoms with E-state index in [0.29, 0.717) is 18.6 Å². The molecule has 2 saturated carbocycles. The van der Waals surface area contributed by atoms with E-state index in [1.165, 1.54) is 44.1 Å². The Morgan fingerprint density at radius 3 is 2.43 bits per heavy atom. The molecule has 4 unspecified atom stereocenters. The second-order valence-corrected chi connectivity index (χ2v) is 8.79. The van der Waals surface area contributed by atoms with Crippen LogP contribution in [-0.2, 0) is 4.74 Å². The fourth-order valence-corrected chi connectivity index (χ4v) is 5.43. The van der Waals surface area contributed by atoms with Crippen LogP contribution < -0.4 is 4.74 Å². The predicted octanol–water partition coefficient (Wildman–Crippen LogP) is 7.15. The lowest BCUT2D eigenvalue weighted by Crippen LogP contribution is -2.33. The number of rotatable bonds is 7. The summed E-state index contributed by atoms with van der Waals surface area (Å²) in [6.45, 7) is 6.85. The zero-order valence-corrected chi connectivity index (χ0v) is 18.0. The Hall–Kier alpha value is -2.13. The van der Waals surface area contributed by atoms with Gasteiger partial charge >= 0.3 is 0 Å². The van der Waals surface area contributed by atoms with Crippen LogP contribution in [0.3, 0.4) is 0 Å². The Labute approximate surface area is 180 Å². The molecule has 4 atom stereocenters. The quantitative estimate of drug-likeness (QED) is 0.453. The average Bonchev–Trinajstić information content (AvgIpc) is 2.78. The van der Waals surface area contributed by atoms with Crippen LogP contribution in [0.15, 0.2) is 55.1 Å². The van der Waals surface area contributed by atoms with Crippen molar-refractivity contribution < 1.29 is 13.9 Å². The largest absolute Gasteiger partial charge is 0.486 e. The highest BCUT2D eigenvalue weighted by Gasteiger charge is 2.36. The Balaban J connectivity index is 1.40. The van der Waals surface area contributed by atoms with Crippen molar-refractivity contribution in [3.63, 3.8) is 0 Å². The minimum atomic E-state index is -0.334. The fourth-order valence-electron chi connectivity index (χ4n) is 5.43. The SMILES string of the molecule is C=CCOc1ccc(-c2ccc(C3CCC4CC(OCC)CCC4C3)cc2)cc1F. The lowest BCUT2D eigenvalue weighted by Gasteiger charge is -2.42. The molecule has 0 amide bonds. The van der Waals surface area contributed by atoms with E-state index in [2.05, 4.69) is 37.8 Å². The normalized spacial score (nSPS) is 26.1. The number of benzene rings is 2. The minimum Gasteiger partial charge on any atom is -0.486 e. The van der Waals surface area contributed by atoms with Gasteiger partial charge in [0.2, 0.25) is 0 Å². The molecule has 0 spiro atoms. The molecule has 2 aromatic rings. The van der Waals surface area contributed by atoms with E-state index in [9.17, 15) is 4.39 Å². The third-order valence-electron chi connectivity index (χ3n) is 6.97. The van der Waals surface area contributed by atoms with Crippen molar-refractivity contribution in [1.29, 1.82) is 0 Å². The summed E-state index contributed by atoms with van der Waals surface area (Å²) in [5.41, 5.74) is 3.34. The molecule has 2 aromatic carbocycles. The topological polar surface area (TPSA) is 18.5 Å². The van der Waals surface area contributed by atoms with Gasteiger partial charge in [-0.25, -0.2) is 4.39 Å². The first-order chi connectivity index (χ1) is 14.7. The second-order valence-electron chi connectivity index (χ2n) is 8.79. The van der Waals surface area contributed by atoms with Crippen LogP contribution in [-0.4, -0.2) is 19.3 Å². The van der Waals surface area contributed by atoms with Gasteiger partial charge in [-0.2, -0.15) is 0 Å². The predicted molar refractivity (Wildman–Crippen MR) is 120 cm³/mol. The third-order valence-corrected chi connectivity index (χ3v) is 6.97. The summed E-state index contributed by atoms with van der Waals surface area (Å²) in [6.07, 6.45) is 9.77. The summed E-state index contributed by atoms with van der Waals surface area (Å²) in [5.74, 6) is 2.27. The maximum atomic E-state index is 14.3. The summed E-state index contributed by atoms with van der Waals surface area (Å²) in [6, 6.07) is 13.9. The van der Waals surface area contributed by atoms with E-state index in [1.54, 1.807) is 18.2 Å². The highest BCUT2D eigenvalue weighted by molar-refractivity contribution is 5.64. The molecule has 0 heterocycles. The molecule has 160 valence electrons. The van der Waals surface area contributed by atoms with Gasteiger partial charge in [0, 0.05) is 6.61 Å². The van der Waals surface area contributed by atoms with Gasteiger partial charge in [0.25, 0.3) is 0 Å². The Morgan fingerprint density at radius 1 is 0.967 bits per heavy atom. The second kappa shape index (κ2) is 9.78. The Morgan fingerprint density at radius 2 is 1.70 bits per heavy atom. The van der Waals surface area contributed by atoms with Gasteiger partial charge in [0.1, 0.15) is 6.61 Å². The molecular weight excluding hydrogens is 375 g/mol. The Kier molecular flexibility index (Phi) is 6.89. The smallest absolute Gasteiger partial charge is 0.165 e. The van der Waals surface area contributed by atoms with E-state index < -0.39 is 0 Å². The van der Waals surface area contributed by atoms with Crippen LogP contribution in [0.1, 0.15) is 56.9 Å². The summed E-state index contributed by atoms with van der Waals surface area (Å²) in [7, 11) is 0. The number of halogens is 1. The average molecular weight is 409 g/mol. The van der Waals surface area contributed by atoms with Gasteiger partial charge in [-0.05, 0) is 92.0 Å². The monoisotopic (exact) mass is 408 g/mol. The summed E-state index contributed by atoms with van der Waals surface area (Å²) >= 11 is 0. The van der Waals surface area contributed by atoms with Gasteiger partial charge < -0.3 is 9.47 Å². The molecule has 2 nitrogen and oxygen atoms in total. The lowest BCUT2D eigenvalue weighted by atomic mass is 9.65. The zero-order valence-electron chi connectivity index (χ0n) is 18.0. The summed E-state index contributed by atoms with van der Waals surface area (Å²) in [5, 5.41) is 0. The first-order valence-corrected chi connectivity index (χ1v) is 11.4. The number of hydrogen-bond acceptors (Lipinski definition) is 2. The molecule has 0 radical (unpaired) electrons. The lowest BCUT2D eigenvalue weighted by molar-refractivity contribution is -0.00955. The van der Waals surface area contributed by atoms with E-state index >= 15 is 0 Å². The van der Waals surface area contributed by atoms with Crippen LogP contribution in [0.5, 0.6) is 5.75 Å². The molecule has 2 fully saturated rings. The van der Waals surface area contributed by atoms with E-state index in [1.807, 2.05) is 6.07 Å². The van der Waals surface area contributed by atoms with E-state index in [0.717, 1.165) is 29.6 Å². The maximum absolute atomic E-state index is 14.3. The van der Waals surface area contributed by atoms with Crippen LogP contribution in [0.4, 0.5) is 4.39 Å². The summed E-state index contributed by atoms with van der Waals surface area (Å²) < 4.78 is 25.5. The van der Waals surface area contributed by atoms with Crippen molar-refractivity contribution >= 4 is 0 Å². The number of fused-ring (bicyclic) bond motifs is 1. The van der Waals surface area contributed by atoms with Gasteiger partial charge in [-0.3, -0.25) is 0 Å². The molecule has 0 aliphatic heterocycles. The van der Waals surface area contributed by atoms with Crippen molar-refractivity contribution in [2.75, 3.05) is 13.2 Å². The van der Waals surface area contributed by atoms with Crippen LogP contribution >= 0.6 is 0 Å². The molecule has 0 bridgehead atoms. The molecule has 30 heavy (non-hydrogen) atoms. The van der Waals surface area contributed by atoms with Gasteiger partial charge in [0.05, 0.1) is 6.10 Å². The van der Waals surface area contributed by atoms with E-state index in [4.69, 9.17) is 9.47 Å². The molecule has 3 heteroatoms. The molecule has 0 N–H and O–H groups in total. The first kappa shape index (κ1) is 21.1. The zero-order chi connectivity index (χ0) is 20.9. The van der Waals surface area contributed by atoms with Gasteiger partial charge in [-0.1, -0.05) is 43.0 Å². The van der Waals surface area contributed by atoms with Gasteiger partial charge in [0.15, 0.2) is 11.6 Å². The number of hydrogen-bond donors (Lipinski definition) is 0. The van der Waals surface area contributed by atoms with Crippen molar-refractivity contribution in [3.8, 4) is 16.9 Å². The van der Waals surface area contributed by atoms with Crippen molar-refractivity contribution in [1.82, 2.24) is 0 Å². The fraction of sp³-hybridized carbons (Fsp3) is 0.481. The maximum Gasteiger partial charge on any atom is 0.165 e. The Bertz CT molecular complexity index is 844. The summed E-state index contributed by atoms with van der Waals surface area (Å²) in [4.78, 5) is 0. The van der Waals surface area contributed by atoms with Gasteiger partial charge in [-0.15, -0.1) is 0 Å².